The summed E-state index contributed by atoms with van der Waals surface area (Å²) in [7, 11) is 1.79. The molecule has 3 nitrogen and oxygen atoms in total. The predicted octanol–water partition coefficient (Wildman–Crippen LogP) is 3.07. The molecule has 0 aliphatic rings. The number of likely N-dealkylation sites (N-methyl/N-ethyl adjacent to an activating group) is 1. The minimum Gasteiger partial charge on any atom is -0.340 e. The van der Waals surface area contributed by atoms with Crippen molar-refractivity contribution < 1.29 is 4.79 Å². The number of carbonyl (C=O) groups is 1. The van der Waals surface area contributed by atoms with E-state index in [1.165, 1.54) is 4.90 Å². The molecule has 0 radical (unpaired) electrons. The zero-order valence-electron chi connectivity index (χ0n) is 12.3. The van der Waals surface area contributed by atoms with Crippen LogP contribution in [0.1, 0.15) is 17.2 Å². The molecule has 0 aliphatic carbocycles. The number of hydrogen-bond acceptors (Lipinski definition) is 3. The summed E-state index contributed by atoms with van der Waals surface area (Å²) in [6.07, 6.45) is 2.05. The Kier molecular flexibility index (Phi) is 5.42. The van der Waals surface area contributed by atoms with Crippen molar-refractivity contribution in [3.63, 3.8) is 0 Å². The summed E-state index contributed by atoms with van der Waals surface area (Å²) in [5, 5.41) is 0. The average molecular weight is 300 g/mol. The Hall–Kier alpha value is -1.78. The maximum atomic E-state index is 12.4. The number of rotatable bonds is 5. The molecule has 0 spiro atoms. The molecule has 0 saturated heterocycles. The van der Waals surface area contributed by atoms with Crippen LogP contribution in [-0.4, -0.2) is 24.1 Å². The standard InChI is InChI=1S/C17H20N2OS/c1-19(12-13-8-10-15(21-2)11-9-13)17(20)16(18)14-6-4-3-5-7-14/h3-11,16H,12,18H2,1-2H3/t16-/m1/s1. The van der Waals surface area contributed by atoms with E-state index in [1.54, 1.807) is 23.7 Å². The van der Waals surface area contributed by atoms with Crippen LogP contribution in [0.25, 0.3) is 0 Å². The van der Waals surface area contributed by atoms with Crippen molar-refractivity contribution in [2.75, 3.05) is 13.3 Å². The van der Waals surface area contributed by atoms with E-state index in [2.05, 4.69) is 12.1 Å². The molecular weight excluding hydrogens is 280 g/mol. The molecule has 2 N–H and O–H groups in total. The van der Waals surface area contributed by atoms with Gasteiger partial charge in [-0.05, 0) is 29.5 Å². The van der Waals surface area contributed by atoms with E-state index in [-0.39, 0.29) is 5.91 Å². The van der Waals surface area contributed by atoms with Crippen molar-refractivity contribution in [2.24, 2.45) is 5.73 Å². The van der Waals surface area contributed by atoms with E-state index >= 15 is 0 Å². The molecule has 0 aliphatic heterocycles. The summed E-state index contributed by atoms with van der Waals surface area (Å²) in [5.74, 6) is -0.0739. The smallest absolute Gasteiger partial charge is 0.244 e. The van der Waals surface area contributed by atoms with Crippen LogP contribution < -0.4 is 5.73 Å². The normalized spacial score (nSPS) is 12.0. The van der Waals surface area contributed by atoms with Crippen molar-refractivity contribution in [3.8, 4) is 0 Å². The van der Waals surface area contributed by atoms with Gasteiger partial charge in [-0.15, -0.1) is 11.8 Å². The number of amides is 1. The van der Waals surface area contributed by atoms with Crippen molar-refractivity contribution in [1.29, 1.82) is 0 Å². The Morgan fingerprint density at radius 1 is 1.14 bits per heavy atom. The number of benzene rings is 2. The molecule has 0 heterocycles. The molecule has 110 valence electrons. The molecule has 0 saturated carbocycles. The van der Waals surface area contributed by atoms with Gasteiger partial charge in [-0.2, -0.15) is 0 Å². The Balaban J connectivity index is 2.01. The molecule has 0 bridgehead atoms. The maximum absolute atomic E-state index is 12.4. The largest absolute Gasteiger partial charge is 0.340 e. The van der Waals surface area contributed by atoms with Gasteiger partial charge in [0.25, 0.3) is 0 Å². The fourth-order valence-electron chi connectivity index (χ4n) is 2.12. The molecular formula is C17H20N2OS. The highest BCUT2D eigenvalue weighted by molar-refractivity contribution is 7.98. The molecule has 2 aromatic rings. The highest BCUT2D eigenvalue weighted by Gasteiger charge is 2.19. The van der Waals surface area contributed by atoms with Gasteiger partial charge in [0, 0.05) is 18.5 Å². The highest BCUT2D eigenvalue weighted by Crippen LogP contribution is 2.17. The number of carbonyl (C=O) groups excluding carboxylic acids is 1. The molecule has 0 aromatic heterocycles. The van der Waals surface area contributed by atoms with Crippen molar-refractivity contribution in [3.05, 3.63) is 65.7 Å². The van der Waals surface area contributed by atoms with Gasteiger partial charge < -0.3 is 10.6 Å². The van der Waals surface area contributed by atoms with Crippen molar-refractivity contribution in [1.82, 2.24) is 4.90 Å². The third kappa shape index (κ3) is 4.09. The number of hydrogen-bond donors (Lipinski definition) is 1. The third-order valence-electron chi connectivity index (χ3n) is 3.38. The van der Waals surface area contributed by atoms with Crippen LogP contribution in [0, 0.1) is 0 Å². The maximum Gasteiger partial charge on any atom is 0.244 e. The summed E-state index contributed by atoms with van der Waals surface area (Å²) in [4.78, 5) is 15.3. The van der Waals surface area contributed by atoms with E-state index in [1.807, 2.05) is 48.7 Å². The van der Waals surface area contributed by atoms with Gasteiger partial charge in [-0.1, -0.05) is 42.5 Å². The highest BCUT2D eigenvalue weighted by atomic mass is 32.2. The quantitative estimate of drug-likeness (QED) is 0.863. The lowest BCUT2D eigenvalue weighted by molar-refractivity contribution is -0.131. The number of nitrogens with zero attached hydrogens (tertiary/aromatic N) is 1. The topological polar surface area (TPSA) is 46.3 Å². The molecule has 0 fully saturated rings. The minimum atomic E-state index is -0.610. The Morgan fingerprint density at radius 3 is 2.33 bits per heavy atom. The van der Waals surface area contributed by atoms with Gasteiger partial charge in [-0.25, -0.2) is 0 Å². The van der Waals surface area contributed by atoms with E-state index in [9.17, 15) is 4.79 Å². The Morgan fingerprint density at radius 2 is 1.76 bits per heavy atom. The van der Waals surface area contributed by atoms with Crippen molar-refractivity contribution >= 4 is 17.7 Å². The molecule has 21 heavy (non-hydrogen) atoms. The second kappa shape index (κ2) is 7.29. The summed E-state index contributed by atoms with van der Waals surface area (Å²) in [6, 6.07) is 17.1. The van der Waals surface area contributed by atoms with Crippen LogP contribution >= 0.6 is 11.8 Å². The summed E-state index contributed by atoms with van der Waals surface area (Å²) < 4.78 is 0. The van der Waals surface area contributed by atoms with Crippen LogP contribution in [0.15, 0.2) is 59.5 Å². The Labute approximate surface area is 130 Å². The monoisotopic (exact) mass is 300 g/mol. The SMILES string of the molecule is CSc1ccc(CN(C)C(=O)[C@H](N)c2ccccc2)cc1. The first kappa shape index (κ1) is 15.6. The van der Waals surface area contributed by atoms with E-state index in [0.29, 0.717) is 6.54 Å². The molecule has 1 atom stereocenters. The van der Waals surface area contributed by atoms with Crippen LogP contribution in [0.4, 0.5) is 0 Å². The first-order chi connectivity index (χ1) is 10.1. The number of thioether (sulfide) groups is 1. The molecule has 4 heteroatoms. The second-order valence-corrected chi connectivity index (χ2v) is 5.81. The molecule has 2 aromatic carbocycles. The zero-order valence-corrected chi connectivity index (χ0v) is 13.1. The van der Waals surface area contributed by atoms with Crippen LogP contribution in [0.2, 0.25) is 0 Å². The van der Waals surface area contributed by atoms with Crippen LogP contribution in [0.3, 0.4) is 0 Å². The van der Waals surface area contributed by atoms with Gasteiger partial charge >= 0.3 is 0 Å². The molecule has 2 rings (SSSR count). The van der Waals surface area contributed by atoms with Crippen molar-refractivity contribution in [2.45, 2.75) is 17.5 Å². The van der Waals surface area contributed by atoms with Crippen LogP contribution in [-0.2, 0) is 11.3 Å². The molecule has 0 unspecified atom stereocenters. The first-order valence-electron chi connectivity index (χ1n) is 6.80. The molecule has 1 amide bonds. The Bertz CT molecular complexity index is 583. The van der Waals surface area contributed by atoms with E-state index in [0.717, 1.165) is 11.1 Å². The van der Waals surface area contributed by atoms with E-state index < -0.39 is 6.04 Å². The zero-order chi connectivity index (χ0) is 15.2. The lowest BCUT2D eigenvalue weighted by atomic mass is 10.1. The summed E-state index contributed by atoms with van der Waals surface area (Å²) in [6.45, 7) is 0.564. The minimum absolute atomic E-state index is 0.0739. The van der Waals surface area contributed by atoms with Crippen LogP contribution in [0.5, 0.6) is 0 Å². The average Bonchev–Trinajstić information content (AvgIpc) is 2.55. The second-order valence-electron chi connectivity index (χ2n) is 4.93. The third-order valence-corrected chi connectivity index (χ3v) is 4.12. The van der Waals surface area contributed by atoms with E-state index in [4.69, 9.17) is 5.73 Å². The number of nitrogens with two attached hydrogens (primary N) is 1. The van der Waals surface area contributed by atoms with Gasteiger partial charge in [0.15, 0.2) is 0 Å². The first-order valence-corrected chi connectivity index (χ1v) is 8.02. The van der Waals surface area contributed by atoms with Gasteiger partial charge in [0.2, 0.25) is 5.91 Å². The summed E-state index contributed by atoms with van der Waals surface area (Å²) >= 11 is 1.70. The van der Waals surface area contributed by atoms with Gasteiger partial charge in [0.05, 0.1) is 0 Å². The fraction of sp³-hybridized carbons (Fsp3) is 0.235. The lowest BCUT2D eigenvalue weighted by Crippen LogP contribution is -2.35. The van der Waals surface area contributed by atoms with Gasteiger partial charge in [-0.3, -0.25) is 4.79 Å². The fourth-order valence-corrected chi connectivity index (χ4v) is 2.53. The van der Waals surface area contributed by atoms with Gasteiger partial charge in [0.1, 0.15) is 6.04 Å². The summed E-state index contributed by atoms with van der Waals surface area (Å²) in [5.41, 5.74) is 7.98. The lowest BCUT2D eigenvalue weighted by Gasteiger charge is -2.21. The predicted molar refractivity (Wildman–Crippen MR) is 88.1 cm³/mol.